The number of ether oxygens (including phenoxy) is 2. The van der Waals surface area contributed by atoms with Crippen molar-refractivity contribution < 1.29 is 28.6 Å². The first-order valence-corrected chi connectivity index (χ1v) is 6.52. The van der Waals surface area contributed by atoms with E-state index in [9.17, 15) is 19.1 Å². The van der Waals surface area contributed by atoms with E-state index in [2.05, 4.69) is 5.32 Å². The molecule has 0 aliphatic carbocycles. The standard InChI is InChI=1S/C14H16FNO5/c15-10-2-1-3-11(8-10)21-6-4-12(17)16-14(13(18)19)5-7-20-9-14/h1-3,8H,4-7,9H2,(H,16,17)(H,18,19). The van der Waals surface area contributed by atoms with Crippen LogP contribution >= 0.6 is 0 Å². The van der Waals surface area contributed by atoms with Gasteiger partial charge in [-0.1, -0.05) is 6.07 Å². The summed E-state index contributed by atoms with van der Waals surface area (Å²) >= 11 is 0. The van der Waals surface area contributed by atoms with Gasteiger partial charge in [0, 0.05) is 19.1 Å². The highest BCUT2D eigenvalue weighted by Gasteiger charge is 2.43. The molecule has 1 amide bonds. The van der Waals surface area contributed by atoms with Crippen molar-refractivity contribution >= 4 is 11.9 Å². The van der Waals surface area contributed by atoms with Crippen molar-refractivity contribution in [2.45, 2.75) is 18.4 Å². The normalized spacial score (nSPS) is 21.0. The van der Waals surface area contributed by atoms with Gasteiger partial charge in [-0.3, -0.25) is 4.79 Å². The lowest BCUT2D eigenvalue weighted by Crippen LogP contribution is -2.55. The molecule has 0 radical (unpaired) electrons. The molecule has 1 fully saturated rings. The second kappa shape index (κ2) is 6.53. The summed E-state index contributed by atoms with van der Waals surface area (Å²) in [7, 11) is 0. The van der Waals surface area contributed by atoms with E-state index in [1.807, 2.05) is 0 Å². The molecule has 2 rings (SSSR count). The second-order valence-corrected chi connectivity index (χ2v) is 4.79. The van der Waals surface area contributed by atoms with Crippen molar-refractivity contribution in [2.24, 2.45) is 0 Å². The Morgan fingerprint density at radius 2 is 2.29 bits per heavy atom. The Labute approximate surface area is 120 Å². The molecule has 0 saturated carbocycles. The number of carboxylic acid groups (broad SMARTS) is 1. The Hall–Kier alpha value is -2.15. The van der Waals surface area contributed by atoms with Crippen molar-refractivity contribution in [3.05, 3.63) is 30.1 Å². The molecule has 0 spiro atoms. The molecule has 1 unspecified atom stereocenters. The second-order valence-electron chi connectivity index (χ2n) is 4.79. The summed E-state index contributed by atoms with van der Waals surface area (Å²) in [5, 5.41) is 11.7. The molecule has 1 aliphatic rings. The summed E-state index contributed by atoms with van der Waals surface area (Å²) in [6.07, 6.45) is 0.213. The van der Waals surface area contributed by atoms with E-state index in [0.717, 1.165) is 0 Å². The molecular weight excluding hydrogens is 281 g/mol. The van der Waals surface area contributed by atoms with Crippen LogP contribution in [-0.4, -0.2) is 42.3 Å². The molecule has 0 aromatic heterocycles. The maximum atomic E-state index is 12.9. The number of aliphatic carboxylic acids is 1. The van der Waals surface area contributed by atoms with Gasteiger partial charge in [0.1, 0.15) is 11.6 Å². The Kier molecular flexibility index (Phi) is 4.74. The predicted octanol–water partition coefficient (Wildman–Crippen LogP) is 0.954. The zero-order valence-electron chi connectivity index (χ0n) is 11.3. The van der Waals surface area contributed by atoms with Crippen LogP contribution in [0, 0.1) is 5.82 Å². The number of benzene rings is 1. The van der Waals surface area contributed by atoms with Gasteiger partial charge in [0.15, 0.2) is 5.54 Å². The van der Waals surface area contributed by atoms with Crippen LogP contribution in [0.4, 0.5) is 4.39 Å². The van der Waals surface area contributed by atoms with Crippen molar-refractivity contribution in [3.63, 3.8) is 0 Å². The minimum atomic E-state index is -1.35. The number of halogens is 1. The third-order valence-corrected chi connectivity index (χ3v) is 3.20. The zero-order valence-corrected chi connectivity index (χ0v) is 11.3. The minimum absolute atomic E-state index is 0.0223. The average Bonchev–Trinajstić information content (AvgIpc) is 2.88. The molecule has 1 saturated heterocycles. The summed E-state index contributed by atoms with van der Waals surface area (Å²) in [6.45, 7) is 0.289. The highest BCUT2D eigenvalue weighted by atomic mass is 19.1. The number of hydrogen-bond acceptors (Lipinski definition) is 4. The van der Waals surface area contributed by atoms with Gasteiger partial charge in [0.2, 0.25) is 5.91 Å². The van der Waals surface area contributed by atoms with E-state index in [4.69, 9.17) is 9.47 Å². The van der Waals surface area contributed by atoms with Crippen LogP contribution in [0.2, 0.25) is 0 Å². The summed E-state index contributed by atoms with van der Waals surface area (Å²) in [6, 6.07) is 5.57. The SMILES string of the molecule is O=C(CCOc1cccc(F)c1)NC1(C(=O)O)CCOC1. The van der Waals surface area contributed by atoms with Crippen LogP contribution in [0.5, 0.6) is 5.75 Å². The van der Waals surface area contributed by atoms with Crippen LogP contribution in [0.3, 0.4) is 0 Å². The molecule has 21 heavy (non-hydrogen) atoms. The fourth-order valence-corrected chi connectivity index (χ4v) is 2.03. The fourth-order valence-electron chi connectivity index (χ4n) is 2.03. The van der Waals surface area contributed by atoms with Gasteiger partial charge >= 0.3 is 5.97 Å². The average molecular weight is 297 g/mol. The molecule has 0 bridgehead atoms. The number of nitrogens with one attached hydrogen (secondary N) is 1. The summed E-state index contributed by atoms with van der Waals surface area (Å²) in [5.74, 6) is -1.66. The van der Waals surface area contributed by atoms with Crippen LogP contribution in [0.1, 0.15) is 12.8 Å². The smallest absolute Gasteiger partial charge is 0.331 e. The number of hydrogen-bond donors (Lipinski definition) is 2. The van der Waals surface area contributed by atoms with Gasteiger partial charge in [0.25, 0.3) is 0 Å². The lowest BCUT2D eigenvalue weighted by atomic mass is 9.99. The lowest BCUT2D eigenvalue weighted by molar-refractivity contribution is -0.147. The number of carbonyl (C=O) groups is 2. The zero-order chi connectivity index (χ0) is 15.3. The molecule has 1 aromatic rings. The molecule has 1 aromatic carbocycles. The number of rotatable bonds is 6. The number of carbonyl (C=O) groups excluding carboxylic acids is 1. The number of amides is 1. The van der Waals surface area contributed by atoms with Gasteiger partial charge in [-0.25, -0.2) is 9.18 Å². The fraction of sp³-hybridized carbons (Fsp3) is 0.429. The Bertz CT molecular complexity index is 528. The molecule has 2 N–H and O–H groups in total. The first kappa shape index (κ1) is 15.2. The maximum Gasteiger partial charge on any atom is 0.331 e. The van der Waals surface area contributed by atoms with Crippen LogP contribution < -0.4 is 10.1 Å². The van der Waals surface area contributed by atoms with E-state index >= 15 is 0 Å². The topological polar surface area (TPSA) is 84.9 Å². The van der Waals surface area contributed by atoms with Crippen molar-refractivity contribution in [2.75, 3.05) is 19.8 Å². The van der Waals surface area contributed by atoms with E-state index in [0.29, 0.717) is 12.4 Å². The highest BCUT2D eigenvalue weighted by molar-refractivity contribution is 5.87. The van der Waals surface area contributed by atoms with Gasteiger partial charge in [-0.05, 0) is 12.1 Å². The van der Waals surface area contributed by atoms with E-state index in [1.165, 1.54) is 18.2 Å². The molecule has 114 valence electrons. The van der Waals surface area contributed by atoms with Gasteiger partial charge < -0.3 is 19.9 Å². The molecule has 1 heterocycles. The van der Waals surface area contributed by atoms with E-state index in [-0.39, 0.29) is 26.1 Å². The third kappa shape index (κ3) is 3.91. The summed E-state index contributed by atoms with van der Waals surface area (Å²) in [4.78, 5) is 23.0. The Morgan fingerprint density at radius 3 is 2.90 bits per heavy atom. The first-order chi connectivity index (χ1) is 10.0. The molecule has 1 atom stereocenters. The van der Waals surface area contributed by atoms with Crippen LogP contribution in [0.25, 0.3) is 0 Å². The quantitative estimate of drug-likeness (QED) is 0.817. The molecular formula is C14H16FNO5. The van der Waals surface area contributed by atoms with Crippen molar-refractivity contribution in [1.29, 1.82) is 0 Å². The van der Waals surface area contributed by atoms with Gasteiger partial charge in [-0.15, -0.1) is 0 Å². The largest absolute Gasteiger partial charge is 0.493 e. The van der Waals surface area contributed by atoms with E-state index < -0.39 is 23.2 Å². The lowest BCUT2D eigenvalue weighted by Gasteiger charge is -2.23. The summed E-state index contributed by atoms with van der Waals surface area (Å²) < 4.78 is 23.2. The molecule has 7 heteroatoms. The third-order valence-electron chi connectivity index (χ3n) is 3.20. The minimum Gasteiger partial charge on any atom is -0.493 e. The van der Waals surface area contributed by atoms with Gasteiger partial charge in [0.05, 0.1) is 19.6 Å². The molecule has 6 nitrogen and oxygen atoms in total. The first-order valence-electron chi connectivity index (χ1n) is 6.52. The van der Waals surface area contributed by atoms with Crippen molar-refractivity contribution in [3.8, 4) is 5.75 Å². The monoisotopic (exact) mass is 297 g/mol. The Balaban J connectivity index is 1.81. The maximum absolute atomic E-state index is 12.9. The molecule has 1 aliphatic heterocycles. The van der Waals surface area contributed by atoms with Crippen molar-refractivity contribution in [1.82, 2.24) is 5.32 Å². The van der Waals surface area contributed by atoms with Gasteiger partial charge in [-0.2, -0.15) is 0 Å². The van der Waals surface area contributed by atoms with E-state index in [1.54, 1.807) is 6.07 Å². The van der Waals surface area contributed by atoms with Crippen LogP contribution in [0.15, 0.2) is 24.3 Å². The predicted molar refractivity (Wildman–Crippen MR) is 70.5 cm³/mol. The van der Waals surface area contributed by atoms with Crippen LogP contribution in [-0.2, 0) is 14.3 Å². The summed E-state index contributed by atoms with van der Waals surface area (Å²) in [5.41, 5.74) is -1.35. The highest BCUT2D eigenvalue weighted by Crippen LogP contribution is 2.19. The number of carboxylic acids is 1. The Morgan fingerprint density at radius 1 is 1.48 bits per heavy atom.